The number of benzene rings is 2. The molecule has 1 atom stereocenters. The molecule has 1 aliphatic heterocycles. The van der Waals surface area contributed by atoms with E-state index in [4.69, 9.17) is 4.98 Å². The fourth-order valence-corrected chi connectivity index (χ4v) is 6.05. The number of fused-ring (bicyclic) bond motifs is 4. The Labute approximate surface area is 160 Å². The molecule has 0 spiro atoms. The zero-order valence-corrected chi connectivity index (χ0v) is 15.7. The maximum Gasteiger partial charge on any atom is 0.283 e. The van der Waals surface area contributed by atoms with E-state index in [2.05, 4.69) is 16.5 Å². The number of rotatable bonds is 2. The third-order valence-corrected chi connectivity index (χ3v) is 7.45. The molecule has 0 bridgehead atoms. The molecule has 0 saturated carbocycles. The van der Waals surface area contributed by atoms with Gasteiger partial charge in [-0.2, -0.15) is 18.1 Å². The highest BCUT2D eigenvalue weighted by atomic mass is 32.2. The minimum absolute atomic E-state index is 0.159. The van der Waals surface area contributed by atoms with Gasteiger partial charge in [-0.25, -0.2) is 4.98 Å². The van der Waals surface area contributed by atoms with Crippen LogP contribution in [0.5, 0.6) is 0 Å². The molecule has 5 rings (SSSR count). The fourth-order valence-electron chi connectivity index (χ4n) is 3.66. The van der Waals surface area contributed by atoms with E-state index in [0.29, 0.717) is 10.6 Å². The third kappa shape index (κ3) is 2.45. The Morgan fingerprint density at radius 2 is 1.78 bits per heavy atom. The highest BCUT2D eigenvalue weighted by Gasteiger charge is 2.36. The minimum atomic E-state index is -3.75. The number of sulfonamides is 1. The monoisotopic (exact) mass is 391 g/mol. The lowest BCUT2D eigenvalue weighted by molar-refractivity contribution is 0.599. The Balaban J connectivity index is 1.64. The molecule has 2 aromatic carbocycles. The molecule has 27 heavy (non-hydrogen) atoms. The van der Waals surface area contributed by atoms with Crippen molar-refractivity contribution in [1.29, 1.82) is 5.26 Å². The maximum atomic E-state index is 12.4. The van der Waals surface area contributed by atoms with Gasteiger partial charge in [-0.3, -0.25) is 0 Å². The van der Waals surface area contributed by atoms with Crippen LogP contribution < -0.4 is 0 Å². The summed E-state index contributed by atoms with van der Waals surface area (Å²) in [5, 5.41) is 10.4. The quantitative estimate of drug-likeness (QED) is 0.667. The molecule has 1 aliphatic carbocycles. The van der Waals surface area contributed by atoms with Crippen molar-refractivity contribution in [2.75, 3.05) is 0 Å². The predicted octanol–water partition coefficient (Wildman–Crippen LogP) is 3.71. The van der Waals surface area contributed by atoms with Crippen molar-refractivity contribution in [1.82, 2.24) is 4.98 Å². The molecule has 0 fully saturated rings. The van der Waals surface area contributed by atoms with Gasteiger partial charge in [0.05, 0.1) is 22.4 Å². The van der Waals surface area contributed by atoms with Gasteiger partial charge in [-0.1, -0.05) is 42.5 Å². The highest BCUT2D eigenvalue weighted by molar-refractivity contribution is 7.90. The Morgan fingerprint density at radius 1 is 1.04 bits per heavy atom. The Morgan fingerprint density at radius 3 is 2.59 bits per heavy atom. The van der Waals surface area contributed by atoms with Gasteiger partial charge in [0, 0.05) is 16.0 Å². The first-order valence-electron chi connectivity index (χ1n) is 8.50. The zero-order chi connectivity index (χ0) is 18.6. The summed E-state index contributed by atoms with van der Waals surface area (Å²) in [6.45, 7) is 0. The number of aryl methyl sites for hydroxylation is 2. The topological polar surface area (TPSA) is 83.2 Å². The molecule has 0 amide bonds. The van der Waals surface area contributed by atoms with Gasteiger partial charge in [0.15, 0.2) is 0 Å². The van der Waals surface area contributed by atoms with Crippen molar-refractivity contribution in [3.8, 4) is 17.3 Å². The summed E-state index contributed by atoms with van der Waals surface area (Å²) in [4.78, 5) is 6.05. The van der Waals surface area contributed by atoms with Crippen LogP contribution in [0.4, 0.5) is 0 Å². The molecular weight excluding hydrogens is 378 g/mol. The van der Waals surface area contributed by atoms with Crippen LogP contribution in [0.25, 0.3) is 11.3 Å². The average Bonchev–Trinajstić information content (AvgIpc) is 3.22. The lowest BCUT2D eigenvalue weighted by Crippen LogP contribution is -2.10. The third-order valence-electron chi connectivity index (χ3n) is 4.92. The van der Waals surface area contributed by atoms with E-state index in [1.54, 1.807) is 18.2 Å². The van der Waals surface area contributed by atoms with Gasteiger partial charge in [-0.05, 0) is 24.5 Å². The fraction of sp³-hybridized carbons (Fsp3) is 0.150. The van der Waals surface area contributed by atoms with E-state index < -0.39 is 15.9 Å². The summed E-state index contributed by atoms with van der Waals surface area (Å²) in [5.74, 6) is -0.800. The van der Waals surface area contributed by atoms with Crippen LogP contribution in [-0.2, 0) is 22.9 Å². The first-order chi connectivity index (χ1) is 13.1. The lowest BCUT2D eigenvalue weighted by atomic mass is 9.93. The maximum absolute atomic E-state index is 12.4. The van der Waals surface area contributed by atoms with Gasteiger partial charge >= 0.3 is 0 Å². The number of hydrogen-bond donors (Lipinski definition) is 0. The predicted molar refractivity (Wildman–Crippen MR) is 103 cm³/mol. The van der Waals surface area contributed by atoms with Gasteiger partial charge < -0.3 is 0 Å². The summed E-state index contributed by atoms with van der Waals surface area (Å²) < 4.78 is 28.6. The molecule has 1 aromatic heterocycles. The SMILES string of the molecule is N#CC(C1=NS(=O)(=O)c2ccccc21)c1nc2c(s1)CCc1ccccc1-2. The van der Waals surface area contributed by atoms with Crippen LogP contribution in [0, 0.1) is 11.3 Å². The molecule has 2 aliphatic rings. The van der Waals surface area contributed by atoms with E-state index >= 15 is 0 Å². The number of thiazole rings is 1. The van der Waals surface area contributed by atoms with Crippen LogP contribution in [0.1, 0.15) is 26.9 Å². The zero-order valence-electron chi connectivity index (χ0n) is 14.1. The molecule has 0 saturated heterocycles. The second-order valence-corrected chi connectivity index (χ2v) is 9.18. The summed E-state index contributed by atoms with van der Waals surface area (Å²) in [6, 6.07) is 17.0. The summed E-state index contributed by atoms with van der Waals surface area (Å²) >= 11 is 1.48. The van der Waals surface area contributed by atoms with Crippen molar-refractivity contribution in [3.05, 3.63) is 69.5 Å². The highest BCUT2D eigenvalue weighted by Crippen LogP contribution is 2.40. The Kier molecular flexibility index (Phi) is 3.54. The second kappa shape index (κ2) is 5.84. The van der Waals surface area contributed by atoms with Crippen molar-refractivity contribution >= 4 is 27.1 Å². The number of aromatic nitrogens is 1. The van der Waals surface area contributed by atoms with Gasteiger partial charge in [0.2, 0.25) is 0 Å². The average molecular weight is 391 g/mol. The van der Waals surface area contributed by atoms with E-state index in [1.165, 1.54) is 23.0 Å². The van der Waals surface area contributed by atoms with Crippen LogP contribution in [0.2, 0.25) is 0 Å². The molecule has 0 N–H and O–H groups in total. The van der Waals surface area contributed by atoms with E-state index in [-0.39, 0.29) is 10.6 Å². The number of hydrogen-bond acceptors (Lipinski definition) is 5. The lowest BCUT2D eigenvalue weighted by Gasteiger charge is -2.13. The van der Waals surface area contributed by atoms with Crippen molar-refractivity contribution in [3.63, 3.8) is 0 Å². The van der Waals surface area contributed by atoms with Crippen molar-refractivity contribution in [2.24, 2.45) is 4.40 Å². The van der Waals surface area contributed by atoms with Gasteiger partial charge in [0.1, 0.15) is 10.9 Å². The number of nitriles is 1. The molecule has 5 nitrogen and oxygen atoms in total. The normalized spacial score (nSPS) is 17.2. The summed E-state index contributed by atoms with van der Waals surface area (Å²) in [7, 11) is -3.75. The standard InChI is InChI=1S/C20H13N3O2S2/c21-11-15(18-14-7-3-4-8-17(14)27(24,25)23-18)20-22-19-13-6-2-1-5-12(13)9-10-16(19)26-20/h1-8,15H,9-10H2. The first kappa shape index (κ1) is 16.4. The first-order valence-corrected chi connectivity index (χ1v) is 10.8. The van der Waals surface area contributed by atoms with Crippen LogP contribution in [0.3, 0.4) is 0 Å². The second-order valence-electron chi connectivity index (χ2n) is 6.49. The smallest absolute Gasteiger partial charge is 0.239 e. The van der Waals surface area contributed by atoms with E-state index in [1.807, 2.05) is 18.2 Å². The molecule has 2 heterocycles. The molecular formula is C20H13N3O2S2. The molecule has 3 aromatic rings. The van der Waals surface area contributed by atoms with E-state index in [9.17, 15) is 13.7 Å². The molecule has 7 heteroatoms. The van der Waals surface area contributed by atoms with Gasteiger partial charge in [-0.15, -0.1) is 11.3 Å². The Bertz CT molecular complexity index is 1270. The van der Waals surface area contributed by atoms with Crippen LogP contribution in [-0.4, -0.2) is 19.1 Å². The van der Waals surface area contributed by atoms with Crippen molar-refractivity contribution in [2.45, 2.75) is 23.7 Å². The summed E-state index contributed by atoms with van der Waals surface area (Å²) in [5.41, 5.74) is 4.03. The molecule has 132 valence electrons. The van der Waals surface area contributed by atoms with Crippen molar-refractivity contribution < 1.29 is 8.42 Å². The van der Waals surface area contributed by atoms with Crippen LogP contribution >= 0.6 is 11.3 Å². The van der Waals surface area contributed by atoms with Gasteiger partial charge in [0.25, 0.3) is 10.0 Å². The Hall–Kier alpha value is -2.82. The minimum Gasteiger partial charge on any atom is -0.239 e. The molecule has 0 radical (unpaired) electrons. The largest absolute Gasteiger partial charge is 0.283 e. The van der Waals surface area contributed by atoms with Crippen LogP contribution in [0.15, 0.2) is 57.8 Å². The molecule has 1 unspecified atom stereocenters. The number of nitrogens with zero attached hydrogens (tertiary/aromatic N) is 3. The summed E-state index contributed by atoms with van der Waals surface area (Å²) in [6.07, 6.45) is 1.82. The van der Waals surface area contributed by atoms with E-state index in [0.717, 1.165) is 29.0 Å².